The first-order valence-electron chi connectivity index (χ1n) is 6.07. The van der Waals surface area contributed by atoms with Crippen LogP contribution in [-0.2, 0) is 4.79 Å². The van der Waals surface area contributed by atoms with E-state index in [1.807, 2.05) is 37.3 Å². The molecule has 1 unspecified atom stereocenters. The van der Waals surface area contributed by atoms with Crippen LogP contribution in [0.15, 0.2) is 30.3 Å². The molecule has 1 amide bonds. The zero-order valence-corrected chi connectivity index (χ0v) is 11.0. The number of pyridine rings is 1. The van der Waals surface area contributed by atoms with Crippen LogP contribution in [-0.4, -0.2) is 30.6 Å². The van der Waals surface area contributed by atoms with E-state index in [4.69, 9.17) is 10.5 Å². The van der Waals surface area contributed by atoms with Crippen LogP contribution in [0.5, 0.6) is 5.75 Å². The van der Waals surface area contributed by atoms with Crippen molar-refractivity contribution in [3.8, 4) is 5.75 Å². The molecule has 3 N–H and O–H groups in total. The van der Waals surface area contributed by atoms with Crippen molar-refractivity contribution in [1.82, 2.24) is 10.3 Å². The van der Waals surface area contributed by atoms with Crippen LogP contribution in [0.1, 0.15) is 5.69 Å². The number of hydrogen-bond acceptors (Lipinski definition) is 4. The summed E-state index contributed by atoms with van der Waals surface area (Å²) < 4.78 is 5.66. The normalized spacial score (nSPS) is 12.3. The van der Waals surface area contributed by atoms with Crippen LogP contribution in [0.2, 0.25) is 0 Å². The number of likely N-dealkylation sites (N-methyl/N-ethyl adjacent to an activating group) is 1. The Kier molecular flexibility index (Phi) is 3.97. The predicted molar refractivity (Wildman–Crippen MR) is 74.0 cm³/mol. The van der Waals surface area contributed by atoms with Crippen molar-refractivity contribution in [3.63, 3.8) is 0 Å². The summed E-state index contributed by atoms with van der Waals surface area (Å²) in [5.41, 5.74) is 6.96. The maximum Gasteiger partial charge on any atom is 0.238 e. The molecule has 1 heterocycles. The minimum absolute atomic E-state index is 0.181. The zero-order chi connectivity index (χ0) is 13.8. The van der Waals surface area contributed by atoms with E-state index >= 15 is 0 Å². The second kappa shape index (κ2) is 5.67. The van der Waals surface area contributed by atoms with Gasteiger partial charge in [-0.3, -0.25) is 4.79 Å². The molecule has 0 aliphatic heterocycles. The average molecular weight is 259 g/mol. The van der Waals surface area contributed by atoms with Crippen LogP contribution in [0.25, 0.3) is 10.9 Å². The Labute approximate surface area is 111 Å². The lowest BCUT2D eigenvalue weighted by Crippen LogP contribution is -2.43. The van der Waals surface area contributed by atoms with Gasteiger partial charge in [-0.05, 0) is 26.1 Å². The molecule has 1 atom stereocenters. The highest BCUT2D eigenvalue weighted by atomic mass is 16.5. The van der Waals surface area contributed by atoms with E-state index in [0.717, 1.165) is 16.6 Å². The van der Waals surface area contributed by atoms with Gasteiger partial charge in [0.05, 0.1) is 0 Å². The molecule has 0 aliphatic rings. The number of ether oxygens (including phenoxy) is 1. The first kappa shape index (κ1) is 13.3. The fourth-order valence-electron chi connectivity index (χ4n) is 1.81. The topological polar surface area (TPSA) is 77.2 Å². The fourth-order valence-corrected chi connectivity index (χ4v) is 1.81. The van der Waals surface area contributed by atoms with Crippen LogP contribution >= 0.6 is 0 Å². The number of primary amides is 1. The van der Waals surface area contributed by atoms with Crippen molar-refractivity contribution in [2.75, 3.05) is 13.7 Å². The third kappa shape index (κ3) is 3.00. The van der Waals surface area contributed by atoms with Gasteiger partial charge in [-0.2, -0.15) is 0 Å². The number of carbonyl (C=O) groups excluding carboxylic acids is 1. The SMILES string of the molecule is CNC(COc1cccc2ccc(C)nc12)C(N)=O. The van der Waals surface area contributed by atoms with Gasteiger partial charge in [0, 0.05) is 11.1 Å². The van der Waals surface area contributed by atoms with E-state index in [1.54, 1.807) is 7.05 Å². The molecule has 2 rings (SSSR count). The lowest BCUT2D eigenvalue weighted by atomic mass is 10.2. The van der Waals surface area contributed by atoms with Gasteiger partial charge in [-0.15, -0.1) is 0 Å². The summed E-state index contributed by atoms with van der Waals surface area (Å²) in [6.45, 7) is 2.11. The third-order valence-electron chi connectivity index (χ3n) is 2.92. The van der Waals surface area contributed by atoms with Crippen molar-refractivity contribution in [1.29, 1.82) is 0 Å². The number of amides is 1. The molecule has 19 heavy (non-hydrogen) atoms. The van der Waals surface area contributed by atoms with Gasteiger partial charge in [-0.1, -0.05) is 18.2 Å². The van der Waals surface area contributed by atoms with Crippen LogP contribution in [0.3, 0.4) is 0 Å². The first-order chi connectivity index (χ1) is 9.11. The van der Waals surface area contributed by atoms with Crippen LogP contribution in [0.4, 0.5) is 0 Å². The second-order valence-electron chi connectivity index (χ2n) is 4.34. The number of aryl methyl sites for hydroxylation is 1. The van der Waals surface area contributed by atoms with Gasteiger partial charge >= 0.3 is 0 Å². The van der Waals surface area contributed by atoms with Crippen LogP contribution in [0, 0.1) is 6.92 Å². The van der Waals surface area contributed by atoms with Gasteiger partial charge in [0.2, 0.25) is 5.91 Å². The Morgan fingerprint density at radius 1 is 1.42 bits per heavy atom. The van der Waals surface area contributed by atoms with Crippen molar-refractivity contribution in [3.05, 3.63) is 36.0 Å². The number of aromatic nitrogens is 1. The highest BCUT2D eigenvalue weighted by Crippen LogP contribution is 2.23. The Morgan fingerprint density at radius 2 is 2.21 bits per heavy atom. The molecule has 100 valence electrons. The Hall–Kier alpha value is -2.14. The maximum atomic E-state index is 11.1. The molecule has 5 heteroatoms. The zero-order valence-electron chi connectivity index (χ0n) is 11.0. The quantitative estimate of drug-likeness (QED) is 0.839. The van der Waals surface area contributed by atoms with Crippen molar-refractivity contribution in [2.45, 2.75) is 13.0 Å². The van der Waals surface area contributed by atoms with Gasteiger partial charge in [0.15, 0.2) is 0 Å². The summed E-state index contributed by atoms with van der Waals surface area (Å²) in [6, 6.07) is 9.13. The van der Waals surface area contributed by atoms with E-state index in [1.165, 1.54) is 0 Å². The minimum atomic E-state index is -0.514. The van der Waals surface area contributed by atoms with E-state index in [2.05, 4.69) is 10.3 Å². The molecule has 0 radical (unpaired) electrons. The van der Waals surface area contributed by atoms with Gasteiger partial charge in [0.1, 0.15) is 23.9 Å². The molecule has 1 aromatic carbocycles. The summed E-state index contributed by atoms with van der Waals surface area (Å²) in [4.78, 5) is 15.6. The predicted octanol–water partition coefficient (Wildman–Crippen LogP) is 0.995. The molecular weight excluding hydrogens is 242 g/mol. The number of benzene rings is 1. The lowest BCUT2D eigenvalue weighted by molar-refractivity contribution is -0.120. The second-order valence-corrected chi connectivity index (χ2v) is 4.34. The van der Waals surface area contributed by atoms with Crippen LogP contribution < -0.4 is 15.8 Å². The number of hydrogen-bond donors (Lipinski definition) is 2. The van der Waals surface area contributed by atoms with Crippen molar-refractivity contribution in [2.24, 2.45) is 5.73 Å². The summed E-state index contributed by atoms with van der Waals surface area (Å²) in [7, 11) is 1.67. The van der Waals surface area contributed by atoms with Gasteiger partial charge < -0.3 is 15.8 Å². The standard InChI is InChI=1S/C14H17N3O2/c1-9-6-7-10-4-3-5-12(13(10)17-9)19-8-11(16-2)14(15)18/h3-7,11,16H,8H2,1-2H3,(H2,15,18). The van der Waals surface area contributed by atoms with E-state index in [0.29, 0.717) is 5.75 Å². The molecule has 5 nitrogen and oxygen atoms in total. The number of nitrogens with two attached hydrogens (primary N) is 1. The van der Waals surface area contributed by atoms with Crippen molar-refractivity contribution >= 4 is 16.8 Å². The summed E-state index contributed by atoms with van der Waals surface area (Å²) in [5.74, 6) is 0.217. The molecule has 0 saturated carbocycles. The number of nitrogens with zero attached hydrogens (tertiary/aromatic N) is 1. The maximum absolute atomic E-state index is 11.1. The Balaban J connectivity index is 2.25. The first-order valence-corrected chi connectivity index (χ1v) is 6.07. The van der Waals surface area contributed by atoms with E-state index < -0.39 is 11.9 Å². The van der Waals surface area contributed by atoms with Gasteiger partial charge in [0.25, 0.3) is 0 Å². The average Bonchev–Trinajstić information content (AvgIpc) is 2.39. The minimum Gasteiger partial charge on any atom is -0.489 e. The molecule has 0 saturated heterocycles. The number of fused-ring (bicyclic) bond motifs is 1. The summed E-state index contributed by atoms with van der Waals surface area (Å²) >= 11 is 0. The van der Waals surface area contributed by atoms with Crippen molar-refractivity contribution < 1.29 is 9.53 Å². The molecule has 0 bridgehead atoms. The highest BCUT2D eigenvalue weighted by molar-refractivity contribution is 5.84. The fraction of sp³-hybridized carbons (Fsp3) is 0.286. The molecular formula is C14H17N3O2. The Bertz CT molecular complexity index is 598. The summed E-state index contributed by atoms with van der Waals surface area (Å²) in [5, 5.41) is 3.81. The number of nitrogens with one attached hydrogen (secondary N) is 1. The molecule has 1 aromatic heterocycles. The third-order valence-corrected chi connectivity index (χ3v) is 2.92. The van der Waals surface area contributed by atoms with E-state index in [-0.39, 0.29) is 6.61 Å². The highest BCUT2D eigenvalue weighted by Gasteiger charge is 2.14. The smallest absolute Gasteiger partial charge is 0.238 e. The Morgan fingerprint density at radius 3 is 2.89 bits per heavy atom. The lowest BCUT2D eigenvalue weighted by Gasteiger charge is -2.14. The number of para-hydroxylation sites is 1. The van der Waals surface area contributed by atoms with Gasteiger partial charge in [-0.25, -0.2) is 4.98 Å². The summed E-state index contributed by atoms with van der Waals surface area (Å²) in [6.07, 6.45) is 0. The largest absolute Gasteiger partial charge is 0.489 e. The number of rotatable bonds is 5. The number of carbonyl (C=O) groups is 1. The molecule has 0 fully saturated rings. The van der Waals surface area contributed by atoms with E-state index in [9.17, 15) is 4.79 Å². The molecule has 2 aromatic rings. The molecule has 0 spiro atoms. The molecule has 0 aliphatic carbocycles. The monoisotopic (exact) mass is 259 g/mol.